The zero-order chi connectivity index (χ0) is 15.3. The van der Waals surface area contributed by atoms with Crippen molar-refractivity contribution in [1.29, 1.82) is 0 Å². The van der Waals surface area contributed by atoms with Crippen LogP contribution in [0.15, 0.2) is 23.1 Å². The fourth-order valence-corrected chi connectivity index (χ4v) is 3.13. The van der Waals surface area contributed by atoms with Gasteiger partial charge in [-0.25, -0.2) is 17.1 Å². The normalized spacial score (nSPS) is 11.7. The van der Waals surface area contributed by atoms with E-state index in [2.05, 4.69) is 0 Å². The number of carbonyl (C=O) groups is 1. The number of carbonyl (C=O) groups excluding carboxylic acids is 1. The van der Waals surface area contributed by atoms with E-state index in [1.165, 1.54) is 7.05 Å². The molecule has 1 aromatic carbocycles. The lowest BCUT2D eigenvalue weighted by Crippen LogP contribution is -2.29. The predicted octanol–water partition coefficient (Wildman–Crippen LogP) is 2.05. The maximum Gasteiger partial charge on any atom is 0.307 e. The molecule has 0 saturated carbocycles. The molecule has 1 rings (SSSR count). The van der Waals surface area contributed by atoms with E-state index in [9.17, 15) is 17.6 Å². The van der Waals surface area contributed by atoms with Gasteiger partial charge in [0.15, 0.2) is 0 Å². The van der Waals surface area contributed by atoms with Gasteiger partial charge in [0.2, 0.25) is 10.0 Å². The van der Waals surface area contributed by atoms with Crippen molar-refractivity contribution in [1.82, 2.24) is 4.31 Å². The Morgan fingerprint density at radius 3 is 2.65 bits per heavy atom. The average Bonchev–Trinajstić information content (AvgIpc) is 2.35. The molecule has 5 nitrogen and oxygen atoms in total. The number of hydrogen-bond donors (Lipinski definition) is 0. The van der Waals surface area contributed by atoms with Crippen molar-refractivity contribution in [3.05, 3.63) is 29.0 Å². The zero-order valence-electron chi connectivity index (χ0n) is 11.1. The van der Waals surface area contributed by atoms with Crippen molar-refractivity contribution in [2.45, 2.75) is 18.2 Å². The summed E-state index contributed by atoms with van der Waals surface area (Å²) in [7, 11) is -2.56. The molecule has 0 fully saturated rings. The SMILES string of the molecule is CCOC(=O)CCN(C)S(=O)(=O)c1ccc(F)cc1Cl. The van der Waals surface area contributed by atoms with E-state index in [0.717, 1.165) is 22.5 Å². The van der Waals surface area contributed by atoms with E-state index in [4.69, 9.17) is 16.3 Å². The summed E-state index contributed by atoms with van der Waals surface area (Å²) in [6.45, 7) is 1.85. The molecular formula is C12H15ClFNO4S. The molecule has 0 atom stereocenters. The molecule has 1 aromatic rings. The minimum Gasteiger partial charge on any atom is -0.466 e. The molecule has 0 aliphatic heterocycles. The number of benzene rings is 1. The second-order valence-electron chi connectivity index (χ2n) is 3.96. The lowest BCUT2D eigenvalue weighted by Gasteiger charge is -2.17. The van der Waals surface area contributed by atoms with Crippen molar-refractivity contribution < 1.29 is 22.3 Å². The van der Waals surface area contributed by atoms with Gasteiger partial charge in [-0.2, -0.15) is 0 Å². The first-order valence-corrected chi connectivity index (χ1v) is 7.68. The number of esters is 1. The Hall–Kier alpha value is -1.18. The standard InChI is InChI=1S/C12H15ClFNO4S/c1-3-19-12(16)6-7-15(2)20(17,18)11-5-4-9(14)8-10(11)13/h4-5,8H,3,6-7H2,1-2H3. The summed E-state index contributed by atoms with van der Waals surface area (Å²) >= 11 is 5.73. The van der Waals surface area contributed by atoms with Crippen molar-refractivity contribution >= 4 is 27.6 Å². The number of halogens is 2. The number of nitrogens with zero attached hydrogens (tertiary/aromatic N) is 1. The van der Waals surface area contributed by atoms with E-state index in [1.807, 2.05) is 0 Å². The number of rotatable bonds is 6. The van der Waals surface area contributed by atoms with Gasteiger partial charge in [-0.15, -0.1) is 0 Å². The highest BCUT2D eigenvalue weighted by Gasteiger charge is 2.24. The van der Waals surface area contributed by atoms with Crippen LogP contribution >= 0.6 is 11.6 Å². The molecule has 0 bridgehead atoms. The van der Waals surface area contributed by atoms with Crippen molar-refractivity contribution in [2.75, 3.05) is 20.2 Å². The van der Waals surface area contributed by atoms with E-state index >= 15 is 0 Å². The third-order valence-electron chi connectivity index (χ3n) is 2.52. The Morgan fingerprint density at radius 2 is 2.10 bits per heavy atom. The Bertz CT molecular complexity index is 591. The highest BCUT2D eigenvalue weighted by atomic mass is 35.5. The van der Waals surface area contributed by atoms with Crippen LogP contribution in [0.2, 0.25) is 5.02 Å². The van der Waals surface area contributed by atoms with Crippen LogP contribution in [0.4, 0.5) is 4.39 Å². The monoisotopic (exact) mass is 323 g/mol. The molecule has 0 radical (unpaired) electrons. The number of hydrogen-bond acceptors (Lipinski definition) is 4. The highest BCUT2D eigenvalue weighted by Crippen LogP contribution is 2.24. The summed E-state index contributed by atoms with van der Waals surface area (Å²) in [6.07, 6.45) is -0.0671. The lowest BCUT2D eigenvalue weighted by molar-refractivity contribution is -0.143. The smallest absolute Gasteiger partial charge is 0.307 e. The van der Waals surface area contributed by atoms with Gasteiger partial charge < -0.3 is 4.74 Å². The Labute approximate surface area is 122 Å². The Morgan fingerprint density at radius 1 is 1.45 bits per heavy atom. The van der Waals surface area contributed by atoms with Gasteiger partial charge >= 0.3 is 5.97 Å². The van der Waals surface area contributed by atoms with Gasteiger partial charge in [0.25, 0.3) is 0 Å². The molecule has 8 heteroatoms. The van der Waals surface area contributed by atoms with Gasteiger partial charge in [-0.3, -0.25) is 4.79 Å². The van der Waals surface area contributed by atoms with Gasteiger partial charge in [-0.1, -0.05) is 11.6 Å². The molecule has 0 amide bonds. The Balaban J connectivity index is 2.85. The number of ether oxygens (including phenoxy) is 1. The van der Waals surface area contributed by atoms with Gasteiger partial charge in [0, 0.05) is 13.6 Å². The van der Waals surface area contributed by atoms with Gasteiger partial charge in [-0.05, 0) is 25.1 Å². The number of sulfonamides is 1. The molecule has 112 valence electrons. The van der Waals surface area contributed by atoms with Crippen LogP contribution in [0.3, 0.4) is 0 Å². The average molecular weight is 324 g/mol. The van der Waals surface area contributed by atoms with Crippen molar-refractivity contribution in [3.63, 3.8) is 0 Å². The molecule has 0 heterocycles. The maximum atomic E-state index is 12.9. The van der Waals surface area contributed by atoms with Gasteiger partial charge in [0.1, 0.15) is 10.7 Å². The summed E-state index contributed by atoms with van der Waals surface area (Å²) in [5, 5.41) is -0.201. The van der Waals surface area contributed by atoms with Crippen LogP contribution < -0.4 is 0 Å². The minimum atomic E-state index is -3.87. The van der Waals surface area contributed by atoms with Crippen LogP contribution in [0.25, 0.3) is 0 Å². The molecule has 0 aromatic heterocycles. The summed E-state index contributed by atoms with van der Waals surface area (Å²) < 4.78 is 43.0. The highest BCUT2D eigenvalue weighted by molar-refractivity contribution is 7.89. The lowest BCUT2D eigenvalue weighted by atomic mass is 10.3. The fourth-order valence-electron chi connectivity index (χ4n) is 1.45. The van der Waals surface area contributed by atoms with Crippen molar-refractivity contribution in [2.24, 2.45) is 0 Å². The van der Waals surface area contributed by atoms with E-state index in [0.29, 0.717) is 0 Å². The molecule has 0 N–H and O–H groups in total. The second-order valence-corrected chi connectivity index (χ2v) is 6.38. The van der Waals surface area contributed by atoms with Crippen molar-refractivity contribution in [3.8, 4) is 0 Å². The largest absolute Gasteiger partial charge is 0.466 e. The van der Waals surface area contributed by atoms with Crippen LogP contribution in [-0.4, -0.2) is 38.9 Å². The summed E-state index contributed by atoms with van der Waals surface area (Å²) in [5.74, 6) is -1.11. The quantitative estimate of drug-likeness (QED) is 0.752. The molecule has 0 unspecified atom stereocenters. The van der Waals surface area contributed by atoms with Crippen LogP contribution in [0.5, 0.6) is 0 Å². The first-order chi connectivity index (χ1) is 9.28. The summed E-state index contributed by atoms with van der Waals surface area (Å²) in [6, 6.07) is 3.03. The molecule has 0 spiro atoms. The van der Waals surface area contributed by atoms with Crippen LogP contribution in [0.1, 0.15) is 13.3 Å². The van der Waals surface area contributed by atoms with E-state index in [-0.39, 0.29) is 29.5 Å². The topological polar surface area (TPSA) is 63.7 Å². The molecule has 20 heavy (non-hydrogen) atoms. The van der Waals surface area contributed by atoms with Gasteiger partial charge in [0.05, 0.1) is 18.1 Å². The second kappa shape index (κ2) is 7.01. The first kappa shape index (κ1) is 16.9. The zero-order valence-corrected chi connectivity index (χ0v) is 12.7. The van der Waals surface area contributed by atoms with E-state index < -0.39 is 21.8 Å². The fraction of sp³-hybridized carbons (Fsp3) is 0.417. The van der Waals surface area contributed by atoms with Crippen LogP contribution in [-0.2, 0) is 19.6 Å². The first-order valence-electron chi connectivity index (χ1n) is 5.86. The van der Waals surface area contributed by atoms with Crippen LogP contribution in [0, 0.1) is 5.82 Å². The third kappa shape index (κ3) is 4.16. The van der Waals surface area contributed by atoms with E-state index in [1.54, 1.807) is 6.92 Å². The molecule has 0 aliphatic rings. The maximum absolute atomic E-state index is 12.9. The molecular weight excluding hydrogens is 309 g/mol. The predicted molar refractivity (Wildman–Crippen MR) is 72.5 cm³/mol. The molecule has 0 aliphatic carbocycles. The Kier molecular flexibility index (Phi) is 5.91. The molecule has 0 saturated heterocycles. The summed E-state index contributed by atoms with van der Waals surface area (Å²) in [4.78, 5) is 11.0. The summed E-state index contributed by atoms with van der Waals surface area (Å²) in [5.41, 5.74) is 0. The minimum absolute atomic E-state index is 0.0468. The third-order valence-corrected chi connectivity index (χ3v) is 4.86.